The summed E-state index contributed by atoms with van der Waals surface area (Å²) in [5, 5.41) is 8.98. The molecule has 2 heterocycles. The fourth-order valence-electron chi connectivity index (χ4n) is 2.46. The van der Waals surface area contributed by atoms with E-state index in [1.807, 2.05) is 0 Å². The van der Waals surface area contributed by atoms with E-state index in [9.17, 15) is 9.59 Å². The van der Waals surface area contributed by atoms with E-state index >= 15 is 0 Å². The molecule has 6 nitrogen and oxygen atoms in total. The van der Waals surface area contributed by atoms with Crippen molar-refractivity contribution in [1.29, 1.82) is 0 Å². The second-order valence-electron chi connectivity index (χ2n) is 4.73. The van der Waals surface area contributed by atoms with Gasteiger partial charge >= 0.3 is 5.97 Å². The van der Waals surface area contributed by atoms with E-state index in [-0.39, 0.29) is 18.6 Å². The number of carbonyl (C=O) groups is 2. The predicted molar refractivity (Wildman–Crippen MR) is 62.2 cm³/mol. The van der Waals surface area contributed by atoms with Gasteiger partial charge in [-0.25, -0.2) is 4.79 Å². The molecule has 2 saturated heterocycles. The number of hydrogen-bond acceptors (Lipinski definition) is 4. The third kappa shape index (κ3) is 3.20. The standard InChI is InChI=1S/C12H19NO5/c14-11(8-17-7-9-3-2-6-18-9)13-5-1-4-10(13)12(15)16/h9-10H,1-8H2,(H,15,16). The summed E-state index contributed by atoms with van der Waals surface area (Å²) in [6.45, 7) is 1.63. The minimum atomic E-state index is -0.931. The summed E-state index contributed by atoms with van der Waals surface area (Å²) in [6, 6.07) is -0.677. The van der Waals surface area contributed by atoms with Crippen LogP contribution in [0, 0.1) is 0 Å². The Hall–Kier alpha value is -1.14. The SMILES string of the molecule is O=C(O)C1CCCN1C(=O)COCC1CCCO1. The van der Waals surface area contributed by atoms with Crippen LogP contribution in [0.1, 0.15) is 25.7 Å². The van der Waals surface area contributed by atoms with Crippen LogP contribution in [0.5, 0.6) is 0 Å². The van der Waals surface area contributed by atoms with Crippen LogP contribution < -0.4 is 0 Å². The van der Waals surface area contributed by atoms with Crippen molar-refractivity contribution in [2.24, 2.45) is 0 Å². The van der Waals surface area contributed by atoms with Crippen molar-refractivity contribution in [3.05, 3.63) is 0 Å². The zero-order valence-corrected chi connectivity index (χ0v) is 10.3. The summed E-state index contributed by atoms with van der Waals surface area (Å²) in [6.07, 6.45) is 3.37. The number of rotatable bonds is 5. The number of amides is 1. The number of hydrogen-bond donors (Lipinski definition) is 1. The van der Waals surface area contributed by atoms with Gasteiger partial charge in [-0.1, -0.05) is 0 Å². The van der Waals surface area contributed by atoms with Crippen molar-refractivity contribution in [2.45, 2.75) is 37.8 Å². The lowest BCUT2D eigenvalue weighted by Gasteiger charge is -2.21. The van der Waals surface area contributed by atoms with Crippen LogP contribution >= 0.6 is 0 Å². The molecule has 0 aromatic heterocycles. The molecular weight excluding hydrogens is 238 g/mol. The average Bonchev–Trinajstić information content (AvgIpc) is 2.99. The third-order valence-electron chi connectivity index (χ3n) is 3.41. The molecule has 0 radical (unpaired) electrons. The normalized spacial score (nSPS) is 27.7. The lowest BCUT2D eigenvalue weighted by molar-refractivity contribution is -0.150. The Morgan fingerprint density at radius 1 is 1.33 bits per heavy atom. The Bertz CT molecular complexity index is 314. The highest BCUT2D eigenvalue weighted by Crippen LogP contribution is 2.18. The second-order valence-corrected chi connectivity index (χ2v) is 4.73. The van der Waals surface area contributed by atoms with Crippen molar-refractivity contribution in [3.63, 3.8) is 0 Å². The lowest BCUT2D eigenvalue weighted by Crippen LogP contribution is -2.42. The Morgan fingerprint density at radius 3 is 2.83 bits per heavy atom. The molecule has 2 rings (SSSR count). The fourth-order valence-corrected chi connectivity index (χ4v) is 2.46. The van der Waals surface area contributed by atoms with E-state index in [4.69, 9.17) is 14.6 Å². The van der Waals surface area contributed by atoms with Crippen LogP contribution in [0.3, 0.4) is 0 Å². The molecular formula is C12H19NO5. The minimum absolute atomic E-state index is 0.0519. The van der Waals surface area contributed by atoms with E-state index in [0.717, 1.165) is 25.9 Å². The zero-order valence-electron chi connectivity index (χ0n) is 10.3. The maximum absolute atomic E-state index is 11.8. The molecule has 0 aromatic carbocycles. The number of ether oxygens (including phenoxy) is 2. The highest BCUT2D eigenvalue weighted by Gasteiger charge is 2.33. The summed E-state index contributed by atoms with van der Waals surface area (Å²) in [4.78, 5) is 24.2. The molecule has 2 aliphatic rings. The van der Waals surface area contributed by atoms with E-state index in [0.29, 0.717) is 19.6 Å². The number of nitrogens with zero attached hydrogens (tertiary/aromatic N) is 1. The van der Waals surface area contributed by atoms with Gasteiger partial charge in [0.2, 0.25) is 5.91 Å². The summed E-state index contributed by atoms with van der Waals surface area (Å²) in [5.74, 6) is -1.17. The van der Waals surface area contributed by atoms with Gasteiger partial charge < -0.3 is 19.5 Å². The van der Waals surface area contributed by atoms with Crippen molar-refractivity contribution in [3.8, 4) is 0 Å². The lowest BCUT2D eigenvalue weighted by atomic mass is 10.2. The minimum Gasteiger partial charge on any atom is -0.480 e. The maximum atomic E-state index is 11.8. The third-order valence-corrected chi connectivity index (χ3v) is 3.41. The molecule has 2 fully saturated rings. The first-order valence-electron chi connectivity index (χ1n) is 6.40. The van der Waals surface area contributed by atoms with Gasteiger partial charge in [0.15, 0.2) is 0 Å². The molecule has 0 spiro atoms. The zero-order chi connectivity index (χ0) is 13.0. The molecule has 2 unspecified atom stereocenters. The van der Waals surface area contributed by atoms with Crippen LogP contribution in [0.15, 0.2) is 0 Å². The highest BCUT2D eigenvalue weighted by molar-refractivity contribution is 5.84. The van der Waals surface area contributed by atoms with Gasteiger partial charge in [0, 0.05) is 13.2 Å². The number of aliphatic carboxylic acids is 1. The molecule has 0 saturated carbocycles. The van der Waals surface area contributed by atoms with Crippen molar-refractivity contribution >= 4 is 11.9 Å². The topological polar surface area (TPSA) is 76.1 Å². The molecule has 1 amide bonds. The monoisotopic (exact) mass is 257 g/mol. The van der Waals surface area contributed by atoms with Gasteiger partial charge in [-0.3, -0.25) is 4.79 Å². The smallest absolute Gasteiger partial charge is 0.326 e. The van der Waals surface area contributed by atoms with Crippen LogP contribution in [-0.2, 0) is 19.1 Å². The number of likely N-dealkylation sites (tertiary alicyclic amines) is 1. The predicted octanol–water partition coefficient (Wildman–Crippen LogP) is 0.258. The molecule has 2 aliphatic heterocycles. The molecule has 6 heteroatoms. The van der Waals surface area contributed by atoms with Gasteiger partial charge in [0.25, 0.3) is 0 Å². The van der Waals surface area contributed by atoms with Crippen LogP contribution in [0.2, 0.25) is 0 Å². The first-order chi connectivity index (χ1) is 8.68. The average molecular weight is 257 g/mol. The molecule has 0 aromatic rings. The number of carbonyl (C=O) groups excluding carboxylic acids is 1. The maximum Gasteiger partial charge on any atom is 0.326 e. The Labute approximate surface area is 106 Å². The molecule has 2 atom stereocenters. The van der Waals surface area contributed by atoms with E-state index in [2.05, 4.69) is 0 Å². The molecule has 18 heavy (non-hydrogen) atoms. The Kier molecular flexibility index (Phi) is 4.54. The highest BCUT2D eigenvalue weighted by atomic mass is 16.5. The second kappa shape index (κ2) is 6.15. The van der Waals surface area contributed by atoms with Gasteiger partial charge in [-0.2, -0.15) is 0 Å². The van der Waals surface area contributed by atoms with Crippen LogP contribution in [-0.4, -0.2) is 60.4 Å². The summed E-state index contributed by atoms with van der Waals surface area (Å²) in [5.41, 5.74) is 0. The molecule has 0 aliphatic carbocycles. The van der Waals surface area contributed by atoms with Gasteiger partial charge in [0.1, 0.15) is 12.6 Å². The number of carboxylic acids is 1. The van der Waals surface area contributed by atoms with Gasteiger partial charge in [-0.05, 0) is 25.7 Å². The largest absolute Gasteiger partial charge is 0.480 e. The summed E-state index contributed by atoms with van der Waals surface area (Å²) < 4.78 is 10.7. The quantitative estimate of drug-likeness (QED) is 0.764. The van der Waals surface area contributed by atoms with Crippen molar-refractivity contribution in [2.75, 3.05) is 26.4 Å². The van der Waals surface area contributed by atoms with Crippen molar-refractivity contribution in [1.82, 2.24) is 4.90 Å². The first kappa shape index (κ1) is 13.3. The van der Waals surface area contributed by atoms with Crippen LogP contribution in [0.25, 0.3) is 0 Å². The first-order valence-corrected chi connectivity index (χ1v) is 6.40. The Morgan fingerprint density at radius 2 is 2.17 bits per heavy atom. The fraction of sp³-hybridized carbons (Fsp3) is 0.833. The van der Waals surface area contributed by atoms with Crippen molar-refractivity contribution < 1.29 is 24.2 Å². The molecule has 1 N–H and O–H groups in total. The van der Waals surface area contributed by atoms with E-state index < -0.39 is 12.0 Å². The summed E-state index contributed by atoms with van der Waals surface area (Å²) in [7, 11) is 0. The van der Waals surface area contributed by atoms with Gasteiger partial charge in [-0.15, -0.1) is 0 Å². The van der Waals surface area contributed by atoms with E-state index in [1.54, 1.807) is 0 Å². The number of carboxylic acid groups (broad SMARTS) is 1. The van der Waals surface area contributed by atoms with Gasteiger partial charge in [0.05, 0.1) is 12.7 Å². The summed E-state index contributed by atoms with van der Waals surface area (Å²) >= 11 is 0. The molecule has 102 valence electrons. The van der Waals surface area contributed by atoms with Crippen LogP contribution in [0.4, 0.5) is 0 Å². The van der Waals surface area contributed by atoms with E-state index in [1.165, 1.54) is 4.90 Å². The molecule has 0 bridgehead atoms. The Balaban J connectivity index is 1.71.